The van der Waals surface area contributed by atoms with Crippen LogP contribution in [0.4, 0.5) is 0 Å². The van der Waals surface area contributed by atoms with Gasteiger partial charge in [-0.2, -0.15) is 0 Å². The topological polar surface area (TPSA) is 135 Å². The van der Waals surface area contributed by atoms with E-state index in [-0.39, 0.29) is 23.7 Å². The second-order valence-corrected chi connectivity index (χ2v) is 15.5. The minimum absolute atomic E-state index is 0.234. The van der Waals surface area contributed by atoms with Crippen LogP contribution in [0.25, 0.3) is 0 Å². The predicted octanol–water partition coefficient (Wildman–Crippen LogP) is 6.58. The lowest BCUT2D eigenvalue weighted by Crippen LogP contribution is -2.43. The molecule has 7 rings (SSSR count). The van der Waals surface area contributed by atoms with E-state index in [2.05, 4.69) is 0 Å². The van der Waals surface area contributed by atoms with Crippen LogP contribution in [0.2, 0.25) is 0 Å². The Kier molecular flexibility index (Phi) is 9.17. The van der Waals surface area contributed by atoms with Crippen LogP contribution < -0.4 is 0 Å². The van der Waals surface area contributed by atoms with E-state index in [9.17, 15) is 24.0 Å². The maximum atomic E-state index is 14.9. The van der Waals surface area contributed by atoms with Gasteiger partial charge in [-0.05, 0) is 72.7 Å². The number of ketones is 1. The van der Waals surface area contributed by atoms with Gasteiger partial charge in [0.25, 0.3) is 0 Å². The number of ether oxygens (including phenoxy) is 5. The maximum Gasteiger partial charge on any atom is 0.338 e. The molecule has 3 fully saturated rings. The van der Waals surface area contributed by atoms with E-state index in [1.807, 2.05) is 20.8 Å². The van der Waals surface area contributed by atoms with E-state index in [0.717, 1.165) is 0 Å². The summed E-state index contributed by atoms with van der Waals surface area (Å²) in [5, 5.41) is 0. The molecular formula is C43H44O10. The van der Waals surface area contributed by atoms with Crippen molar-refractivity contribution in [2.75, 3.05) is 0 Å². The van der Waals surface area contributed by atoms with Gasteiger partial charge >= 0.3 is 23.9 Å². The van der Waals surface area contributed by atoms with Crippen LogP contribution in [0, 0.1) is 29.1 Å². The monoisotopic (exact) mass is 720 g/mol. The summed E-state index contributed by atoms with van der Waals surface area (Å²) >= 11 is 0. The SMILES string of the molecule is CC(=O)O[C@@H]1[C@@H]2[C@H]([C@@H](OC(=O)c3ccccc3)[C@H](OC(=O)c3ccccc3)/C(C)=C/[C@@]34O[C@@]3(C[C@H](C)[C@@H]4OC(=O)c3ccccc3)C(=O)[C@H]1C)C2(C)C. The van der Waals surface area contributed by atoms with Crippen LogP contribution >= 0.6 is 0 Å². The fourth-order valence-electron chi connectivity index (χ4n) is 9.12. The lowest BCUT2D eigenvalue weighted by atomic mass is 9.80. The second kappa shape index (κ2) is 13.4. The lowest BCUT2D eigenvalue weighted by Gasteiger charge is -2.31. The number of fused-ring (bicyclic) bond motifs is 1. The highest BCUT2D eigenvalue weighted by Crippen LogP contribution is 2.69. The molecule has 0 N–H and O–H groups in total. The van der Waals surface area contributed by atoms with Crippen molar-refractivity contribution in [2.24, 2.45) is 29.1 Å². The Morgan fingerprint density at radius 3 is 1.66 bits per heavy atom. The molecule has 0 radical (unpaired) electrons. The predicted molar refractivity (Wildman–Crippen MR) is 192 cm³/mol. The molecule has 0 aromatic heterocycles. The minimum Gasteiger partial charge on any atom is -0.461 e. The van der Waals surface area contributed by atoms with Gasteiger partial charge in [-0.25, -0.2) is 14.4 Å². The van der Waals surface area contributed by atoms with Crippen molar-refractivity contribution in [3.8, 4) is 0 Å². The first-order chi connectivity index (χ1) is 25.2. The molecule has 53 heavy (non-hydrogen) atoms. The van der Waals surface area contributed by atoms with Gasteiger partial charge in [0.05, 0.1) is 22.6 Å². The molecular weight excluding hydrogens is 676 g/mol. The van der Waals surface area contributed by atoms with Gasteiger partial charge in [-0.15, -0.1) is 0 Å². The average Bonchev–Trinajstić information content (AvgIpc) is 3.94. The van der Waals surface area contributed by atoms with Crippen molar-refractivity contribution in [1.82, 2.24) is 0 Å². The number of hydrogen-bond donors (Lipinski definition) is 0. The molecule has 0 bridgehead atoms. The summed E-state index contributed by atoms with van der Waals surface area (Å²) in [5.41, 5.74) is -2.12. The molecule has 0 amide bonds. The number of epoxide rings is 1. The molecule has 276 valence electrons. The van der Waals surface area contributed by atoms with Crippen LogP contribution in [0.5, 0.6) is 0 Å². The summed E-state index contributed by atoms with van der Waals surface area (Å²) in [4.78, 5) is 68.9. The number of carbonyl (C=O) groups excluding carboxylic acids is 5. The molecule has 0 spiro atoms. The molecule has 10 heteroatoms. The van der Waals surface area contributed by atoms with E-state index >= 15 is 0 Å². The fraction of sp³-hybridized carbons (Fsp3) is 0.419. The van der Waals surface area contributed by atoms with Crippen molar-refractivity contribution in [2.45, 2.75) is 83.6 Å². The van der Waals surface area contributed by atoms with Gasteiger partial charge in [-0.3, -0.25) is 9.59 Å². The van der Waals surface area contributed by atoms with Crippen molar-refractivity contribution in [3.63, 3.8) is 0 Å². The lowest BCUT2D eigenvalue weighted by molar-refractivity contribution is -0.154. The smallest absolute Gasteiger partial charge is 0.338 e. The van der Waals surface area contributed by atoms with E-state index in [1.165, 1.54) is 6.92 Å². The summed E-state index contributed by atoms with van der Waals surface area (Å²) in [7, 11) is 0. The van der Waals surface area contributed by atoms with Gasteiger partial charge < -0.3 is 23.7 Å². The third-order valence-electron chi connectivity index (χ3n) is 11.7. The number of rotatable bonds is 7. The number of benzene rings is 3. The quantitative estimate of drug-likeness (QED) is 0.114. The Balaban J connectivity index is 1.39. The summed E-state index contributed by atoms with van der Waals surface area (Å²) in [6.07, 6.45) is -2.14. The Labute approximate surface area is 308 Å². The Morgan fingerprint density at radius 2 is 1.15 bits per heavy atom. The van der Waals surface area contributed by atoms with E-state index in [4.69, 9.17) is 23.7 Å². The van der Waals surface area contributed by atoms with Crippen LogP contribution in [-0.4, -0.2) is 65.3 Å². The molecule has 1 heterocycles. The summed E-state index contributed by atoms with van der Waals surface area (Å²) in [5.74, 6) is -4.87. The molecule has 0 unspecified atom stereocenters. The summed E-state index contributed by atoms with van der Waals surface area (Å²) in [6, 6.07) is 25.5. The zero-order valence-electron chi connectivity index (χ0n) is 30.6. The standard InChI is InChI=1S/C43H44O10/c1-24-22-43-37(52-40(48)30-20-14-9-15-21-30)25(2)23-42(43,53-43)36(45)26(3)34(49-27(4)44)31-32(41(31,5)6)35(51-39(47)29-18-12-8-13-19-29)33(24)50-38(46)28-16-10-7-11-17-28/h7-22,25-26,31-35,37H,23H2,1-6H3/b24-22+/t25-,26-,31-,32+,33+,34-,35+,37-,42-,43-/m0/s1. The molecule has 2 saturated carbocycles. The largest absolute Gasteiger partial charge is 0.461 e. The van der Waals surface area contributed by atoms with Gasteiger partial charge in [0.1, 0.15) is 18.3 Å². The Bertz CT molecular complexity index is 1960. The zero-order chi connectivity index (χ0) is 37.9. The normalized spacial score (nSPS) is 34.7. The zero-order valence-corrected chi connectivity index (χ0v) is 30.6. The minimum atomic E-state index is -1.44. The van der Waals surface area contributed by atoms with Gasteiger partial charge in [0.2, 0.25) is 0 Å². The Morgan fingerprint density at radius 1 is 0.679 bits per heavy atom. The highest BCUT2D eigenvalue weighted by molar-refractivity contribution is 5.97. The van der Waals surface area contributed by atoms with Gasteiger partial charge in [-0.1, -0.05) is 82.3 Å². The molecule has 3 aliphatic carbocycles. The maximum absolute atomic E-state index is 14.9. The number of esters is 4. The third kappa shape index (κ3) is 6.16. The molecule has 1 saturated heterocycles. The molecule has 10 atom stereocenters. The molecule has 3 aromatic rings. The van der Waals surface area contributed by atoms with E-state index < -0.39 is 82.7 Å². The summed E-state index contributed by atoms with van der Waals surface area (Å²) in [6.45, 7) is 10.6. The number of hydrogen-bond acceptors (Lipinski definition) is 10. The van der Waals surface area contributed by atoms with Crippen LogP contribution in [-0.2, 0) is 33.3 Å². The van der Waals surface area contributed by atoms with Crippen LogP contribution in [0.1, 0.15) is 79.0 Å². The van der Waals surface area contributed by atoms with Crippen molar-refractivity contribution in [3.05, 3.63) is 119 Å². The molecule has 4 aliphatic rings. The van der Waals surface area contributed by atoms with Gasteiger partial charge in [0.15, 0.2) is 23.1 Å². The number of Topliss-reactive ketones (excluding diaryl/α,β-unsaturated/α-hetero) is 1. The van der Waals surface area contributed by atoms with Crippen LogP contribution in [0.3, 0.4) is 0 Å². The highest BCUT2D eigenvalue weighted by atomic mass is 16.7. The van der Waals surface area contributed by atoms with Crippen LogP contribution in [0.15, 0.2) is 103 Å². The Hall–Kier alpha value is -5.09. The van der Waals surface area contributed by atoms with Crippen molar-refractivity contribution >= 4 is 29.7 Å². The number of carbonyl (C=O) groups is 5. The van der Waals surface area contributed by atoms with Crippen molar-refractivity contribution in [1.29, 1.82) is 0 Å². The first kappa shape index (κ1) is 36.3. The van der Waals surface area contributed by atoms with Gasteiger partial charge in [0, 0.05) is 18.8 Å². The van der Waals surface area contributed by atoms with E-state index in [0.29, 0.717) is 16.7 Å². The summed E-state index contributed by atoms with van der Waals surface area (Å²) < 4.78 is 31.5. The molecule has 1 aliphatic heterocycles. The molecule has 10 nitrogen and oxygen atoms in total. The van der Waals surface area contributed by atoms with E-state index in [1.54, 1.807) is 111 Å². The average molecular weight is 721 g/mol. The highest BCUT2D eigenvalue weighted by Gasteiger charge is 2.84. The first-order valence-corrected chi connectivity index (χ1v) is 18.1. The van der Waals surface area contributed by atoms with Crippen molar-refractivity contribution < 1.29 is 47.7 Å². The molecule has 3 aromatic carbocycles. The fourth-order valence-corrected chi connectivity index (χ4v) is 9.12. The first-order valence-electron chi connectivity index (χ1n) is 18.1. The second-order valence-electron chi connectivity index (χ2n) is 15.5. The third-order valence-corrected chi connectivity index (χ3v) is 11.7.